The van der Waals surface area contributed by atoms with Gasteiger partial charge in [0.25, 0.3) is 11.5 Å². The molecule has 2 aromatic carbocycles. The van der Waals surface area contributed by atoms with Crippen LogP contribution in [0.1, 0.15) is 35.9 Å². The summed E-state index contributed by atoms with van der Waals surface area (Å²) in [5.74, 6) is -0.308. The Morgan fingerprint density at radius 3 is 2.18 bits per heavy atom. The first kappa shape index (κ1) is 22.9. The number of carbonyl (C=O) groups is 1. The van der Waals surface area contributed by atoms with Crippen molar-refractivity contribution in [3.8, 4) is 0 Å². The molecule has 0 radical (unpaired) electrons. The average molecular weight is 467 g/mol. The summed E-state index contributed by atoms with van der Waals surface area (Å²) in [7, 11) is -3.60. The van der Waals surface area contributed by atoms with Gasteiger partial charge in [-0.15, -0.1) is 0 Å². The lowest BCUT2D eigenvalue weighted by molar-refractivity contribution is 0.0692. The highest BCUT2D eigenvalue weighted by molar-refractivity contribution is 7.92. The molecule has 0 aliphatic carbocycles. The molecule has 172 valence electrons. The number of amides is 1. The molecule has 8 nitrogen and oxygen atoms in total. The lowest BCUT2D eigenvalue weighted by Crippen LogP contribution is -2.50. The van der Waals surface area contributed by atoms with Gasteiger partial charge in [-0.3, -0.25) is 9.59 Å². The lowest BCUT2D eigenvalue weighted by Gasteiger charge is -2.33. The van der Waals surface area contributed by atoms with Gasteiger partial charge < -0.3 is 4.90 Å². The molecule has 3 aromatic rings. The van der Waals surface area contributed by atoms with E-state index in [1.165, 1.54) is 14.4 Å². The third-order valence-electron chi connectivity index (χ3n) is 5.64. The maximum atomic E-state index is 13.3. The van der Waals surface area contributed by atoms with Crippen molar-refractivity contribution in [2.45, 2.75) is 19.9 Å². The van der Waals surface area contributed by atoms with Gasteiger partial charge in [-0.05, 0) is 31.6 Å². The van der Waals surface area contributed by atoms with E-state index in [4.69, 9.17) is 0 Å². The topological polar surface area (TPSA) is 92.6 Å². The fraction of sp³-hybridized carbons (Fsp3) is 0.292. The number of benzene rings is 2. The first-order valence-corrected chi connectivity index (χ1v) is 12.3. The maximum Gasteiger partial charge on any atom is 0.275 e. The summed E-state index contributed by atoms with van der Waals surface area (Å²) in [6.45, 7) is 4.54. The van der Waals surface area contributed by atoms with Crippen LogP contribution in [0.4, 0.5) is 0 Å². The van der Waals surface area contributed by atoms with Gasteiger partial charge in [0.2, 0.25) is 10.0 Å². The van der Waals surface area contributed by atoms with Crippen LogP contribution in [0.15, 0.2) is 64.8 Å². The van der Waals surface area contributed by atoms with E-state index in [9.17, 15) is 18.0 Å². The first-order chi connectivity index (χ1) is 15.8. The Kier molecular flexibility index (Phi) is 6.44. The molecule has 0 saturated carbocycles. The number of aromatic nitrogens is 2. The number of rotatable bonds is 5. The molecule has 1 aromatic heterocycles. The van der Waals surface area contributed by atoms with E-state index in [-0.39, 0.29) is 49.4 Å². The number of piperazine rings is 1. The van der Waals surface area contributed by atoms with Crippen molar-refractivity contribution < 1.29 is 13.2 Å². The number of fused-ring (bicyclic) bond motifs is 1. The highest BCUT2D eigenvalue weighted by atomic mass is 32.2. The highest BCUT2D eigenvalue weighted by Crippen LogP contribution is 2.19. The van der Waals surface area contributed by atoms with Crippen LogP contribution >= 0.6 is 0 Å². The SMILES string of the molecule is CC(C)n1nc(C(=O)N2CCN(S(=O)(=O)/C=C/c3ccccc3)CC2)c2ccccc2c1=O. The molecule has 1 amide bonds. The molecular formula is C24H26N4O4S. The monoisotopic (exact) mass is 466 g/mol. The second-order valence-electron chi connectivity index (χ2n) is 8.19. The molecule has 4 rings (SSSR count). The van der Waals surface area contributed by atoms with E-state index >= 15 is 0 Å². The molecular weight excluding hydrogens is 440 g/mol. The summed E-state index contributed by atoms with van der Waals surface area (Å²) < 4.78 is 28.1. The molecule has 0 N–H and O–H groups in total. The zero-order valence-corrected chi connectivity index (χ0v) is 19.4. The Morgan fingerprint density at radius 1 is 0.939 bits per heavy atom. The van der Waals surface area contributed by atoms with Crippen LogP contribution in [-0.2, 0) is 10.0 Å². The van der Waals surface area contributed by atoms with Crippen LogP contribution in [0.25, 0.3) is 16.8 Å². The van der Waals surface area contributed by atoms with E-state index < -0.39 is 10.0 Å². The lowest BCUT2D eigenvalue weighted by atomic mass is 10.1. The van der Waals surface area contributed by atoms with Gasteiger partial charge in [-0.2, -0.15) is 9.40 Å². The molecule has 1 aliphatic rings. The molecule has 0 atom stereocenters. The minimum Gasteiger partial charge on any atom is -0.335 e. The van der Waals surface area contributed by atoms with Crippen molar-refractivity contribution in [1.82, 2.24) is 19.0 Å². The van der Waals surface area contributed by atoms with Crippen molar-refractivity contribution >= 4 is 32.8 Å². The fourth-order valence-electron chi connectivity index (χ4n) is 3.82. The highest BCUT2D eigenvalue weighted by Gasteiger charge is 2.30. The Hall–Kier alpha value is -3.30. The smallest absolute Gasteiger partial charge is 0.275 e. The van der Waals surface area contributed by atoms with Crippen molar-refractivity contribution in [2.24, 2.45) is 0 Å². The minimum atomic E-state index is -3.60. The molecule has 0 bridgehead atoms. The zero-order chi connectivity index (χ0) is 23.6. The van der Waals surface area contributed by atoms with Gasteiger partial charge in [0.1, 0.15) is 0 Å². The van der Waals surface area contributed by atoms with Gasteiger partial charge in [0.05, 0.1) is 11.4 Å². The number of sulfonamides is 1. The summed E-state index contributed by atoms with van der Waals surface area (Å²) >= 11 is 0. The summed E-state index contributed by atoms with van der Waals surface area (Å²) in [4.78, 5) is 27.7. The van der Waals surface area contributed by atoms with E-state index in [2.05, 4.69) is 5.10 Å². The van der Waals surface area contributed by atoms with E-state index in [1.807, 2.05) is 44.2 Å². The number of carbonyl (C=O) groups excluding carboxylic acids is 1. The molecule has 2 heterocycles. The van der Waals surface area contributed by atoms with Crippen molar-refractivity contribution in [3.63, 3.8) is 0 Å². The van der Waals surface area contributed by atoms with Crippen molar-refractivity contribution in [3.05, 3.63) is 81.6 Å². The predicted octanol–water partition coefficient (Wildman–Crippen LogP) is 2.74. The van der Waals surface area contributed by atoms with Crippen LogP contribution < -0.4 is 5.56 Å². The van der Waals surface area contributed by atoms with Gasteiger partial charge in [0, 0.05) is 37.0 Å². The quantitative estimate of drug-likeness (QED) is 0.577. The van der Waals surface area contributed by atoms with Crippen LogP contribution in [-0.4, -0.2) is 59.5 Å². The van der Waals surface area contributed by atoms with Gasteiger partial charge in [-0.25, -0.2) is 13.1 Å². The molecule has 1 aliphatic heterocycles. The normalized spacial score (nSPS) is 15.5. The number of nitrogens with zero attached hydrogens (tertiary/aromatic N) is 4. The van der Waals surface area contributed by atoms with Crippen LogP contribution in [0.5, 0.6) is 0 Å². The summed E-state index contributed by atoms with van der Waals surface area (Å²) in [5.41, 5.74) is 0.769. The standard InChI is InChI=1S/C24H26N4O4S/c1-18(2)28-23(29)21-11-7-6-10-20(21)22(25-28)24(30)26-13-15-27(16-14-26)33(31,32)17-12-19-8-4-3-5-9-19/h3-12,17-18H,13-16H2,1-2H3/b17-12+. The van der Waals surface area contributed by atoms with E-state index in [0.717, 1.165) is 5.56 Å². The Bertz CT molecular complexity index is 1360. The molecule has 1 fully saturated rings. The Morgan fingerprint density at radius 2 is 1.55 bits per heavy atom. The van der Waals surface area contributed by atoms with E-state index in [0.29, 0.717) is 10.8 Å². The van der Waals surface area contributed by atoms with Crippen LogP contribution in [0, 0.1) is 0 Å². The molecule has 9 heteroatoms. The maximum absolute atomic E-state index is 13.3. The predicted molar refractivity (Wildman–Crippen MR) is 128 cm³/mol. The third kappa shape index (κ3) is 4.74. The second-order valence-corrected chi connectivity index (χ2v) is 10.0. The summed E-state index contributed by atoms with van der Waals surface area (Å²) in [6, 6.07) is 16.0. The van der Waals surface area contributed by atoms with E-state index in [1.54, 1.807) is 35.2 Å². The fourth-order valence-corrected chi connectivity index (χ4v) is 5.00. The third-order valence-corrected chi connectivity index (χ3v) is 7.20. The van der Waals surface area contributed by atoms with Crippen LogP contribution in [0.2, 0.25) is 0 Å². The van der Waals surface area contributed by atoms with Crippen molar-refractivity contribution in [1.29, 1.82) is 0 Å². The largest absolute Gasteiger partial charge is 0.335 e. The molecule has 33 heavy (non-hydrogen) atoms. The Balaban J connectivity index is 1.53. The Labute approximate surface area is 192 Å². The van der Waals surface area contributed by atoms with Crippen LogP contribution in [0.3, 0.4) is 0 Å². The summed E-state index contributed by atoms with van der Waals surface area (Å²) in [6.07, 6.45) is 1.57. The molecule has 1 saturated heterocycles. The number of hydrogen-bond donors (Lipinski definition) is 0. The van der Waals surface area contributed by atoms with Crippen molar-refractivity contribution in [2.75, 3.05) is 26.2 Å². The first-order valence-electron chi connectivity index (χ1n) is 10.8. The molecule has 0 unspecified atom stereocenters. The van der Waals surface area contributed by atoms with Gasteiger partial charge in [-0.1, -0.05) is 48.5 Å². The molecule has 0 spiro atoms. The van der Waals surface area contributed by atoms with Gasteiger partial charge in [0.15, 0.2) is 5.69 Å². The zero-order valence-electron chi connectivity index (χ0n) is 18.6. The summed E-state index contributed by atoms with van der Waals surface area (Å²) in [5, 5.41) is 6.52. The second kappa shape index (κ2) is 9.29. The number of hydrogen-bond acceptors (Lipinski definition) is 5. The van der Waals surface area contributed by atoms with Gasteiger partial charge >= 0.3 is 0 Å². The minimum absolute atomic E-state index is 0.189. The average Bonchev–Trinajstić information content (AvgIpc) is 2.83.